The lowest BCUT2D eigenvalue weighted by molar-refractivity contribution is 0.413. The van der Waals surface area contributed by atoms with Crippen LogP contribution in [0.15, 0.2) is 53.4 Å². The largest absolute Gasteiger partial charge is 0.497 e. The fourth-order valence-electron chi connectivity index (χ4n) is 1.58. The first-order valence-electron chi connectivity index (χ1n) is 5.64. The molecule has 20 heavy (non-hydrogen) atoms. The molecule has 102 valence electrons. The van der Waals surface area contributed by atoms with Gasteiger partial charge in [-0.1, -0.05) is 12.1 Å². The van der Waals surface area contributed by atoms with E-state index in [1.165, 1.54) is 37.4 Å². The summed E-state index contributed by atoms with van der Waals surface area (Å²) in [6.07, 6.45) is 0. The highest BCUT2D eigenvalue weighted by Crippen LogP contribution is 2.23. The molecule has 0 saturated heterocycles. The molecule has 0 bridgehead atoms. The molecule has 0 amide bonds. The van der Waals surface area contributed by atoms with E-state index in [1.807, 2.05) is 6.07 Å². The summed E-state index contributed by atoms with van der Waals surface area (Å²) in [6, 6.07) is 13.8. The number of hydrogen-bond donors (Lipinski definition) is 0. The molecule has 0 radical (unpaired) electrons. The molecule has 0 aliphatic rings. The summed E-state index contributed by atoms with van der Waals surface area (Å²) < 4.78 is 34.2. The standard InChI is InChI=1S/C14H11NO4S/c1-18-12-6-8-13(9-7-12)19-20(16,17)14-5-3-2-4-11(14)10-15/h2-9H,1H3. The van der Waals surface area contributed by atoms with E-state index in [4.69, 9.17) is 14.2 Å². The second-order valence-corrected chi connectivity index (χ2v) is 5.34. The van der Waals surface area contributed by atoms with Crippen LogP contribution in [0.2, 0.25) is 0 Å². The van der Waals surface area contributed by atoms with Crippen molar-refractivity contribution in [2.24, 2.45) is 0 Å². The molecule has 0 spiro atoms. The number of nitrogens with zero attached hydrogens (tertiary/aromatic N) is 1. The van der Waals surface area contributed by atoms with Gasteiger partial charge in [0.1, 0.15) is 22.5 Å². The van der Waals surface area contributed by atoms with Crippen LogP contribution in [0.25, 0.3) is 0 Å². The second kappa shape index (κ2) is 5.63. The molecule has 2 aromatic rings. The van der Waals surface area contributed by atoms with E-state index >= 15 is 0 Å². The highest BCUT2D eigenvalue weighted by molar-refractivity contribution is 7.87. The molecule has 0 unspecified atom stereocenters. The molecule has 0 aliphatic heterocycles. The summed E-state index contributed by atoms with van der Waals surface area (Å²) >= 11 is 0. The van der Waals surface area contributed by atoms with Gasteiger partial charge in [-0.2, -0.15) is 13.7 Å². The maximum atomic E-state index is 12.1. The summed E-state index contributed by atoms with van der Waals surface area (Å²) in [5.74, 6) is 0.741. The zero-order chi connectivity index (χ0) is 14.6. The van der Waals surface area contributed by atoms with Crippen LogP contribution in [-0.4, -0.2) is 15.5 Å². The van der Waals surface area contributed by atoms with Crippen molar-refractivity contribution >= 4 is 10.1 Å². The smallest absolute Gasteiger partial charge is 0.340 e. The molecule has 2 aromatic carbocycles. The molecule has 0 N–H and O–H groups in total. The number of nitriles is 1. The van der Waals surface area contributed by atoms with E-state index in [2.05, 4.69) is 0 Å². The summed E-state index contributed by atoms with van der Waals surface area (Å²) in [6.45, 7) is 0. The van der Waals surface area contributed by atoms with Crippen molar-refractivity contribution in [1.82, 2.24) is 0 Å². The van der Waals surface area contributed by atoms with Crippen molar-refractivity contribution in [3.63, 3.8) is 0 Å². The fourth-order valence-corrected chi connectivity index (χ4v) is 2.66. The summed E-state index contributed by atoms with van der Waals surface area (Å²) in [4.78, 5) is -0.154. The van der Waals surface area contributed by atoms with Gasteiger partial charge in [0.2, 0.25) is 0 Å². The molecule has 2 rings (SSSR count). The first-order chi connectivity index (χ1) is 9.56. The molecule has 0 aromatic heterocycles. The molecule has 0 saturated carbocycles. The molecule has 0 aliphatic carbocycles. The number of ether oxygens (including phenoxy) is 1. The van der Waals surface area contributed by atoms with Crippen LogP contribution in [0.3, 0.4) is 0 Å². The van der Waals surface area contributed by atoms with Gasteiger partial charge < -0.3 is 8.92 Å². The van der Waals surface area contributed by atoms with Crippen molar-refractivity contribution < 1.29 is 17.3 Å². The first-order valence-corrected chi connectivity index (χ1v) is 7.05. The highest BCUT2D eigenvalue weighted by atomic mass is 32.2. The molecule has 0 atom stereocenters. The summed E-state index contributed by atoms with van der Waals surface area (Å²) in [5.41, 5.74) is 0.0426. The Hall–Kier alpha value is -2.52. The molecular formula is C14H11NO4S. The van der Waals surface area contributed by atoms with Gasteiger partial charge in [0, 0.05) is 0 Å². The van der Waals surface area contributed by atoms with E-state index in [0.29, 0.717) is 5.75 Å². The molecule has 0 fully saturated rings. The topological polar surface area (TPSA) is 76.4 Å². The number of rotatable bonds is 4. The summed E-state index contributed by atoms with van der Waals surface area (Å²) in [7, 11) is -2.53. The molecular weight excluding hydrogens is 278 g/mol. The lowest BCUT2D eigenvalue weighted by Crippen LogP contribution is -2.11. The minimum atomic E-state index is -4.04. The monoisotopic (exact) mass is 289 g/mol. The Kier molecular flexibility index (Phi) is 3.91. The molecule has 0 heterocycles. The average molecular weight is 289 g/mol. The third-order valence-electron chi connectivity index (χ3n) is 2.54. The Morgan fingerprint density at radius 1 is 1.00 bits per heavy atom. The van der Waals surface area contributed by atoms with Gasteiger partial charge in [0.05, 0.1) is 12.7 Å². The quantitative estimate of drug-likeness (QED) is 0.807. The van der Waals surface area contributed by atoms with E-state index < -0.39 is 10.1 Å². The zero-order valence-corrected chi connectivity index (χ0v) is 11.4. The van der Waals surface area contributed by atoms with Crippen LogP contribution < -0.4 is 8.92 Å². The van der Waals surface area contributed by atoms with Gasteiger partial charge in [-0.05, 0) is 36.4 Å². The van der Waals surface area contributed by atoms with Crippen LogP contribution in [0, 0.1) is 11.3 Å². The van der Waals surface area contributed by atoms with Crippen LogP contribution in [0.5, 0.6) is 11.5 Å². The predicted octanol–water partition coefficient (Wildman–Crippen LogP) is 2.33. The zero-order valence-electron chi connectivity index (χ0n) is 10.6. The van der Waals surface area contributed by atoms with Crippen LogP contribution >= 0.6 is 0 Å². The number of benzene rings is 2. The Morgan fingerprint density at radius 3 is 2.20 bits per heavy atom. The molecule has 5 nitrogen and oxygen atoms in total. The molecule has 6 heteroatoms. The van der Waals surface area contributed by atoms with Crippen LogP contribution in [0.1, 0.15) is 5.56 Å². The van der Waals surface area contributed by atoms with Crippen molar-refractivity contribution in [2.75, 3.05) is 7.11 Å². The minimum absolute atomic E-state index is 0.0426. The number of methoxy groups -OCH3 is 1. The van der Waals surface area contributed by atoms with Gasteiger partial charge in [-0.25, -0.2) is 0 Å². The van der Waals surface area contributed by atoms with Crippen LogP contribution in [-0.2, 0) is 10.1 Å². The lowest BCUT2D eigenvalue weighted by atomic mass is 10.2. The first kappa shape index (κ1) is 13.9. The predicted molar refractivity (Wildman–Crippen MR) is 72.0 cm³/mol. The van der Waals surface area contributed by atoms with Crippen LogP contribution in [0.4, 0.5) is 0 Å². The van der Waals surface area contributed by atoms with Crippen molar-refractivity contribution in [1.29, 1.82) is 5.26 Å². The minimum Gasteiger partial charge on any atom is -0.497 e. The van der Waals surface area contributed by atoms with E-state index in [9.17, 15) is 8.42 Å². The Balaban J connectivity index is 2.33. The lowest BCUT2D eigenvalue weighted by Gasteiger charge is -2.08. The van der Waals surface area contributed by atoms with Gasteiger partial charge >= 0.3 is 10.1 Å². The third kappa shape index (κ3) is 2.90. The SMILES string of the molecule is COc1ccc(OS(=O)(=O)c2ccccc2C#N)cc1. The Morgan fingerprint density at radius 2 is 1.60 bits per heavy atom. The second-order valence-electron chi connectivity index (χ2n) is 3.82. The Labute approximate surface area is 117 Å². The van der Waals surface area contributed by atoms with E-state index in [-0.39, 0.29) is 16.2 Å². The van der Waals surface area contributed by atoms with E-state index in [1.54, 1.807) is 18.2 Å². The Bertz CT molecular complexity index is 745. The summed E-state index contributed by atoms with van der Waals surface area (Å²) in [5, 5.41) is 8.93. The van der Waals surface area contributed by atoms with Crippen molar-refractivity contribution in [3.8, 4) is 17.6 Å². The maximum Gasteiger partial charge on any atom is 0.340 e. The third-order valence-corrected chi connectivity index (χ3v) is 3.85. The fraction of sp³-hybridized carbons (Fsp3) is 0.0714. The van der Waals surface area contributed by atoms with Gasteiger partial charge in [0.25, 0.3) is 0 Å². The van der Waals surface area contributed by atoms with Crippen molar-refractivity contribution in [3.05, 3.63) is 54.1 Å². The highest BCUT2D eigenvalue weighted by Gasteiger charge is 2.20. The van der Waals surface area contributed by atoms with Gasteiger partial charge in [-0.3, -0.25) is 0 Å². The maximum absolute atomic E-state index is 12.1. The normalized spacial score (nSPS) is 10.6. The average Bonchev–Trinajstić information content (AvgIpc) is 2.47. The van der Waals surface area contributed by atoms with Gasteiger partial charge in [0.15, 0.2) is 0 Å². The van der Waals surface area contributed by atoms with Gasteiger partial charge in [-0.15, -0.1) is 0 Å². The van der Waals surface area contributed by atoms with Crippen molar-refractivity contribution in [2.45, 2.75) is 4.90 Å². The van der Waals surface area contributed by atoms with E-state index in [0.717, 1.165) is 0 Å². The number of hydrogen-bond acceptors (Lipinski definition) is 5.